The molecule has 3 N–H and O–H groups in total. The molecule has 43 heavy (non-hydrogen) atoms. The zero-order valence-corrected chi connectivity index (χ0v) is 24.6. The topological polar surface area (TPSA) is 126 Å². The molecule has 0 radical (unpaired) electrons. The predicted octanol–water partition coefficient (Wildman–Crippen LogP) is 7.32. The first kappa shape index (κ1) is 30.3. The Bertz CT molecular complexity index is 1630. The number of cyclic esters (lactones) is 1. The predicted molar refractivity (Wildman–Crippen MR) is 156 cm³/mol. The lowest BCUT2D eigenvalue weighted by molar-refractivity contribution is -0.116. The van der Waals surface area contributed by atoms with Crippen LogP contribution in [-0.2, 0) is 19.9 Å². The van der Waals surface area contributed by atoms with Crippen molar-refractivity contribution in [1.82, 2.24) is 14.9 Å². The monoisotopic (exact) mass is 633 g/mol. The van der Waals surface area contributed by atoms with E-state index in [1.54, 1.807) is 18.2 Å². The molecule has 2 aliphatic heterocycles. The maximum Gasteiger partial charge on any atom is 0.411 e. The molecule has 3 aromatic rings. The number of hydrogen-bond donors (Lipinski definition) is 3. The number of rotatable bonds is 3. The van der Waals surface area contributed by atoms with Crippen LogP contribution in [0.25, 0.3) is 11.3 Å². The Hall–Kier alpha value is -4.16. The lowest BCUT2D eigenvalue weighted by atomic mass is 9.89. The number of carbonyl (C=O) groups excluding carboxylic acids is 3. The number of carbonyl (C=O) groups is 3. The third-order valence-electron chi connectivity index (χ3n) is 7.36. The minimum Gasteiger partial charge on any atom is -0.453 e. The molecule has 226 valence electrons. The first-order valence-electron chi connectivity index (χ1n) is 13.3. The van der Waals surface area contributed by atoms with Crippen LogP contribution in [0, 0.1) is 11.6 Å². The normalized spacial score (nSPS) is 20.6. The maximum atomic E-state index is 14.9. The number of ether oxygens (including phenoxy) is 2. The van der Waals surface area contributed by atoms with E-state index in [2.05, 4.69) is 20.4 Å². The fourth-order valence-electron chi connectivity index (χ4n) is 5.16. The second-order valence-corrected chi connectivity index (χ2v) is 11.0. The number of H-pyrrole nitrogens is 1. The Labute approximate surface area is 255 Å². The molecule has 0 aliphatic carbocycles. The van der Waals surface area contributed by atoms with Crippen LogP contribution in [0.3, 0.4) is 0 Å². The summed E-state index contributed by atoms with van der Waals surface area (Å²) in [5.41, 5.74) is -0.547. The Morgan fingerprint density at radius 1 is 1.21 bits per heavy atom. The van der Waals surface area contributed by atoms with Crippen LogP contribution in [0.15, 0.2) is 42.5 Å². The van der Waals surface area contributed by atoms with Crippen LogP contribution in [0.5, 0.6) is 0 Å². The van der Waals surface area contributed by atoms with E-state index in [-0.39, 0.29) is 41.9 Å². The molecule has 0 spiro atoms. The van der Waals surface area contributed by atoms with Crippen LogP contribution in [0.1, 0.15) is 50.0 Å². The molecule has 2 aromatic carbocycles. The van der Waals surface area contributed by atoms with Crippen LogP contribution < -0.4 is 10.6 Å². The molecular formula is C29H27Cl2F2N5O5. The number of anilines is 2. The number of aromatic nitrogens is 2. The Morgan fingerprint density at radius 2 is 2.00 bits per heavy atom. The van der Waals surface area contributed by atoms with Gasteiger partial charge in [0.15, 0.2) is 5.82 Å². The number of methoxy groups -OCH3 is 1. The molecule has 1 fully saturated rings. The largest absolute Gasteiger partial charge is 0.453 e. The number of allylic oxidation sites excluding steroid dienone is 1. The SMILES string of the molecule is COC(=O)Nc1ccc2c(c1)NC(=O)CCC=CC[C@H](N1CCC(C)(c3c(F)ccc(Cl)c3F)OC1=O)c1nc-2c(Cl)[nH]1. The smallest absolute Gasteiger partial charge is 0.411 e. The number of imidazole rings is 1. The fraction of sp³-hybridized carbons (Fsp3) is 0.310. The van der Waals surface area contributed by atoms with Crippen molar-refractivity contribution in [2.45, 2.75) is 44.2 Å². The lowest BCUT2D eigenvalue weighted by Crippen LogP contribution is -2.48. The Morgan fingerprint density at radius 3 is 2.74 bits per heavy atom. The highest BCUT2D eigenvalue weighted by molar-refractivity contribution is 6.32. The zero-order valence-electron chi connectivity index (χ0n) is 23.1. The lowest BCUT2D eigenvalue weighted by Gasteiger charge is -2.41. The van der Waals surface area contributed by atoms with Crippen molar-refractivity contribution in [3.63, 3.8) is 0 Å². The molecule has 1 unspecified atom stereocenters. The van der Waals surface area contributed by atoms with Crippen molar-refractivity contribution in [3.8, 4) is 11.3 Å². The molecule has 2 aliphatic rings. The molecule has 5 rings (SSSR count). The average Bonchev–Trinajstić information content (AvgIpc) is 3.34. The minimum absolute atomic E-state index is 0.0612. The summed E-state index contributed by atoms with van der Waals surface area (Å²) in [5, 5.41) is 5.26. The van der Waals surface area contributed by atoms with Crippen molar-refractivity contribution >= 4 is 52.7 Å². The van der Waals surface area contributed by atoms with Gasteiger partial charge in [-0.3, -0.25) is 15.0 Å². The summed E-state index contributed by atoms with van der Waals surface area (Å²) in [6, 6.07) is 6.23. The molecule has 2 atom stereocenters. The summed E-state index contributed by atoms with van der Waals surface area (Å²) in [4.78, 5) is 47.1. The average molecular weight is 634 g/mol. The summed E-state index contributed by atoms with van der Waals surface area (Å²) >= 11 is 12.5. The minimum atomic E-state index is -1.60. The summed E-state index contributed by atoms with van der Waals surface area (Å²) < 4.78 is 40.0. The second kappa shape index (κ2) is 12.2. The van der Waals surface area contributed by atoms with Crippen LogP contribution >= 0.6 is 23.2 Å². The van der Waals surface area contributed by atoms with Gasteiger partial charge < -0.3 is 19.8 Å². The molecule has 1 aromatic heterocycles. The number of fused-ring (bicyclic) bond motifs is 4. The number of halogens is 4. The van der Waals surface area contributed by atoms with E-state index in [1.807, 2.05) is 12.2 Å². The van der Waals surface area contributed by atoms with Crippen molar-refractivity contribution in [3.05, 3.63) is 75.7 Å². The van der Waals surface area contributed by atoms with Crippen LogP contribution in [0.2, 0.25) is 10.2 Å². The number of benzene rings is 2. The quantitative estimate of drug-likeness (QED) is 0.205. The zero-order chi connectivity index (χ0) is 30.9. The summed E-state index contributed by atoms with van der Waals surface area (Å²) in [6.45, 7) is 1.52. The number of nitrogens with zero attached hydrogens (tertiary/aromatic N) is 2. The van der Waals surface area contributed by atoms with Crippen molar-refractivity contribution in [2.75, 3.05) is 24.3 Å². The van der Waals surface area contributed by atoms with Gasteiger partial charge in [-0.05, 0) is 50.1 Å². The number of nitrogens with one attached hydrogen (secondary N) is 3. The van der Waals surface area contributed by atoms with Gasteiger partial charge in [-0.25, -0.2) is 23.4 Å². The maximum absolute atomic E-state index is 14.9. The van der Waals surface area contributed by atoms with E-state index in [1.165, 1.54) is 18.9 Å². The standard InChI is InChI=1S/C29H27Cl2F2N5O5/c1-29(22-18(32)11-10-17(30)23(22)33)12-13-38(28(41)43-29)20-6-4-3-5-7-21(39)35-19-14-15(34-27(40)42-2)8-9-16(19)24-25(31)37-26(20)36-24/h3-4,8-11,14,20H,5-7,12-13H2,1-2H3,(H,34,40)(H,35,39)(H,36,37)/t20-,29?/m0/s1. The van der Waals surface area contributed by atoms with Crippen LogP contribution in [0.4, 0.5) is 29.7 Å². The van der Waals surface area contributed by atoms with E-state index in [0.717, 1.165) is 12.1 Å². The summed E-state index contributed by atoms with van der Waals surface area (Å²) in [5.74, 6) is -1.80. The van der Waals surface area contributed by atoms with Gasteiger partial charge in [-0.15, -0.1) is 0 Å². The molecule has 3 amide bonds. The fourth-order valence-corrected chi connectivity index (χ4v) is 5.56. The van der Waals surface area contributed by atoms with Gasteiger partial charge in [-0.2, -0.15) is 0 Å². The number of amides is 3. The Kier molecular flexibility index (Phi) is 8.61. The Balaban J connectivity index is 1.50. The first-order chi connectivity index (χ1) is 20.5. The molecule has 0 saturated carbocycles. The third kappa shape index (κ3) is 6.16. The molecule has 1 saturated heterocycles. The van der Waals surface area contributed by atoms with Gasteiger partial charge in [0.05, 0.1) is 29.4 Å². The molecular weight excluding hydrogens is 607 g/mol. The molecule has 14 heteroatoms. The number of aromatic amines is 1. The molecule has 3 heterocycles. The van der Waals surface area contributed by atoms with Gasteiger partial charge >= 0.3 is 12.2 Å². The van der Waals surface area contributed by atoms with E-state index in [9.17, 15) is 23.2 Å². The highest BCUT2D eigenvalue weighted by Gasteiger charge is 2.45. The van der Waals surface area contributed by atoms with E-state index in [4.69, 9.17) is 32.9 Å². The first-order valence-corrected chi connectivity index (χ1v) is 14.1. The van der Waals surface area contributed by atoms with E-state index < -0.39 is 41.0 Å². The van der Waals surface area contributed by atoms with Gasteiger partial charge in [0, 0.05) is 30.6 Å². The number of hydrogen-bond acceptors (Lipinski definition) is 6. The van der Waals surface area contributed by atoms with E-state index >= 15 is 0 Å². The highest BCUT2D eigenvalue weighted by atomic mass is 35.5. The van der Waals surface area contributed by atoms with Crippen LogP contribution in [-0.4, -0.2) is 46.6 Å². The van der Waals surface area contributed by atoms with Gasteiger partial charge in [0.2, 0.25) is 5.91 Å². The van der Waals surface area contributed by atoms with Crippen molar-refractivity contribution in [2.24, 2.45) is 0 Å². The summed E-state index contributed by atoms with van der Waals surface area (Å²) in [6.07, 6.45) is 3.05. The van der Waals surface area contributed by atoms with Crippen molar-refractivity contribution < 1.29 is 32.6 Å². The second-order valence-electron chi connectivity index (χ2n) is 10.2. The van der Waals surface area contributed by atoms with Gasteiger partial charge in [0.25, 0.3) is 0 Å². The highest BCUT2D eigenvalue weighted by Crippen LogP contribution is 2.42. The van der Waals surface area contributed by atoms with Gasteiger partial charge in [0.1, 0.15) is 28.1 Å². The third-order valence-corrected chi connectivity index (χ3v) is 7.93. The van der Waals surface area contributed by atoms with Gasteiger partial charge in [-0.1, -0.05) is 35.4 Å². The van der Waals surface area contributed by atoms with Crippen molar-refractivity contribution in [1.29, 1.82) is 0 Å². The summed E-state index contributed by atoms with van der Waals surface area (Å²) in [7, 11) is 1.23. The molecule has 10 nitrogen and oxygen atoms in total. The van der Waals surface area contributed by atoms with E-state index in [0.29, 0.717) is 34.9 Å². The molecule has 2 bridgehead atoms.